The van der Waals surface area contributed by atoms with E-state index in [2.05, 4.69) is 43.7 Å². The Bertz CT molecular complexity index is 907. The summed E-state index contributed by atoms with van der Waals surface area (Å²) in [5, 5.41) is 0. The molecule has 0 radical (unpaired) electrons. The van der Waals surface area contributed by atoms with Crippen LogP contribution in [0, 0.1) is 0 Å². The van der Waals surface area contributed by atoms with E-state index in [1.807, 2.05) is 48.6 Å². The molecule has 1 fully saturated rings. The van der Waals surface area contributed by atoms with E-state index in [4.69, 9.17) is 9.47 Å². The molecule has 0 aliphatic carbocycles. The van der Waals surface area contributed by atoms with E-state index in [0.29, 0.717) is 13.1 Å². The highest BCUT2D eigenvalue weighted by atomic mass is 79.9. The second-order valence-corrected chi connectivity index (χ2v) is 8.47. The van der Waals surface area contributed by atoms with Crippen molar-refractivity contribution in [1.29, 1.82) is 0 Å². The van der Waals surface area contributed by atoms with E-state index in [1.54, 1.807) is 14.2 Å². The number of benzene rings is 2. The van der Waals surface area contributed by atoms with Gasteiger partial charge in [0.15, 0.2) is 5.78 Å². The molecule has 29 heavy (non-hydrogen) atoms. The Labute approximate surface area is 188 Å². The third-order valence-electron chi connectivity index (χ3n) is 4.85. The maximum Gasteiger partial charge on any atom is 0.187 e. The third-order valence-corrected chi connectivity index (χ3v) is 6.16. The second kappa shape index (κ2) is 9.74. The summed E-state index contributed by atoms with van der Waals surface area (Å²) in [6, 6.07) is 11.7. The maximum absolute atomic E-state index is 13.2. The third kappa shape index (κ3) is 5.18. The van der Waals surface area contributed by atoms with Gasteiger partial charge in [-0.05, 0) is 85.9 Å². The van der Waals surface area contributed by atoms with E-state index in [0.717, 1.165) is 49.3 Å². The van der Waals surface area contributed by atoms with Crippen molar-refractivity contribution in [1.82, 2.24) is 4.90 Å². The van der Waals surface area contributed by atoms with Gasteiger partial charge in [0.2, 0.25) is 0 Å². The monoisotopic (exact) mass is 519 g/mol. The minimum Gasteiger partial charge on any atom is -0.496 e. The van der Waals surface area contributed by atoms with Crippen LogP contribution in [-0.4, -0.2) is 44.5 Å². The molecule has 152 valence electrons. The Hall–Kier alpha value is -1.89. The Balaban J connectivity index is 1.97. The van der Waals surface area contributed by atoms with Gasteiger partial charge in [0.05, 0.1) is 23.2 Å². The molecule has 1 aliphatic heterocycles. The molecule has 1 heterocycles. The molecule has 0 aromatic heterocycles. The number of nitrogens with zero attached hydrogens (tertiary/aromatic N) is 1. The first kappa shape index (κ1) is 21.8. The molecule has 0 amide bonds. The van der Waals surface area contributed by atoms with E-state index >= 15 is 0 Å². The van der Waals surface area contributed by atoms with Crippen molar-refractivity contribution in [3.05, 3.63) is 67.6 Å². The molecule has 0 saturated carbocycles. The fraction of sp³-hybridized carbons (Fsp3) is 0.261. The molecule has 6 heteroatoms. The smallest absolute Gasteiger partial charge is 0.187 e. The molecule has 3 rings (SSSR count). The lowest BCUT2D eigenvalue weighted by atomic mass is 9.94. The minimum atomic E-state index is 0.0819. The number of hydrogen-bond acceptors (Lipinski definition) is 4. The van der Waals surface area contributed by atoms with Crippen LogP contribution in [0.5, 0.6) is 11.5 Å². The Morgan fingerprint density at radius 1 is 0.897 bits per heavy atom. The Morgan fingerprint density at radius 3 is 1.72 bits per heavy atom. The first-order valence-corrected chi connectivity index (χ1v) is 10.9. The number of carbonyl (C=O) groups is 1. The molecule has 4 nitrogen and oxygen atoms in total. The lowest BCUT2D eigenvalue weighted by molar-refractivity contribution is -0.113. The van der Waals surface area contributed by atoms with Gasteiger partial charge >= 0.3 is 0 Å². The van der Waals surface area contributed by atoms with Gasteiger partial charge in [-0.15, -0.1) is 0 Å². The van der Waals surface area contributed by atoms with E-state index < -0.39 is 0 Å². The largest absolute Gasteiger partial charge is 0.496 e. The number of methoxy groups -OCH3 is 2. The summed E-state index contributed by atoms with van der Waals surface area (Å²) in [5.41, 5.74) is 3.43. The zero-order valence-electron chi connectivity index (χ0n) is 16.7. The number of likely N-dealkylation sites (tertiary alicyclic amines) is 1. The zero-order chi connectivity index (χ0) is 21.0. The number of likely N-dealkylation sites (N-methyl/N-ethyl adjacent to an activating group) is 1. The summed E-state index contributed by atoms with van der Waals surface area (Å²) in [4.78, 5) is 15.4. The van der Waals surface area contributed by atoms with Gasteiger partial charge in [0.1, 0.15) is 11.5 Å². The van der Waals surface area contributed by atoms with Crippen LogP contribution < -0.4 is 9.47 Å². The summed E-state index contributed by atoms with van der Waals surface area (Å²) in [6.45, 7) is 4.25. The quantitative estimate of drug-likeness (QED) is 0.481. The van der Waals surface area contributed by atoms with E-state index in [9.17, 15) is 4.79 Å². The van der Waals surface area contributed by atoms with Crippen LogP contribution in [0.25, 0.3) is 12.2 Å². The SMILES string of the molecule is CCN1C/C(=C\c2ccc(Br)c(OC)c2)C(=O)/C(=C/c2ccc(Br)c(OC)c2)C1. The minimum absolute atomic E-state index is 0.0819. The number of ether oxygens (including phenoxy) is 2. The number of hydrogen-bond donors (Lipinski definition) is 0. The summed E-state index contributed by atoms with van der Waals surface area (Å²) < 4.78 is 12.5. The van der Waals surface area contributed by atoms with Gasteiger partial charge in [-0.25, -0.2) is 0 Å². The van der Waals surface area contributed by atoms with Crippen LogP contribution in [0.2, 0.25) is 0 Å². The molecule has 2 aromatic carbocycles. The molecule has 0 N–H and O–H groups in total. The lowest BCUT2D eigenvalue weighted by Crippen LogP contribution is -2.37. The highest BCUT2D eigenvalue weighted by molar-refractivity contribution is 9.10. The molecular formula is C23H23Br2NO3. The molecule has 0 unspecified atom stereocenters. The maximum atomic E-state index is 13.2. The Morgan fingerprint density at radius 2 is 1.34 bits per heavy atom. The van der Waals surface area contributed by atoms with Crippen LogP contribution in [0.15, 0.2) is 56.5 Å². The number of ketones is 1. The van der Waals surface area contributed by atoms with Crippen molar-refractivity contribution < 1.29 is 14.3 Å². The summed E-state index contributed by atoms with van der Waals surface area (Å²) in [7, 11) is 3.27. The number of carbonyl (C=O) groups excluding carboxylic acids is 1. The van der Waals surface area contributed by atoms with Crippen molar-refractivity contribution >= 4 is 49.8 Å². The van der Waals surface area contributed by atoms with Gasteiger partial charge in [0, 0.05) is 24.2 Å². The van der Waals surface area contributed by atoms with Crippen molar-refractivity contribution in [2.75, 3.05) is 33.9 Å². The standard InChI is InChI=1S/C23H23Br2NO3/c1-4-26-13-17(9-15-5-7-19(24)21(11-15)28-2)23(27)18(14-26)10-16-6-8-20(25)22(12-16)29-3/h5-12H,4,13-14H2,1-3H3/b17-9+,18-10+. The number of Topliss-reactive ketones (excluding diaryl/α,β-unsaturated/α-hetero) is 1. The van der Waals surface area contributed by atoms with Gasteiger partial charge in [0.25, 0.3) is 0 Å². The van der Waals surface area contributed by atoms with E-state index in [-0.39, 0.29) is 5.78 Å². The highest BCUT2D eigenvalue weighted by Crippen LogP contribution is 2.30. The van der Waals surface area contributed by atoms with Gasteiger partial charge in [-0.2, -0.15) is 0 Å². The predicted octanol–water partition coefficient (Wildman–Crippen LogP) is 5.60. The average Bonchev–Trinajstić information content (AvgIpc) is 2.73. The van der Waals surface area contributed by atoms with Gasteiger partial charge in [-0.3, -0.25) is 9.69 Å². The molecular weight excluding hydrogens is 498 g/mol. The fourth-order valence-corrected chi connectivity index (χ4v) is 4.09. The van der Waals surface area contributed by atoms with Crippen molar-refractivity contribution in [2.24, 2.45) is 0 Å². The molecule has 0 bridgehead atoms. The molecule has 0 atom stereocenters. The van der Waals surface area contributed by atoms with Gasteiger partial charge in [-0.1, -0.05) is 19.1 Å². The predicted molar refractivity (Wildman–Crippen MR) is 124 cm³/mol. The summed E-state index contributed by atoms with van der Waals surface area (Å²) in [6.07, 6.45) is 3.91. The highest BCUT2D eigenvalue weighted by Gasteiger charge is 2.25. The van der Waals surface area contributed by atoms with Crippen molar-refractivity contribution in [3.8, 4) is 11.5 Å². The van der Waals surface area contributed by atoms with Crippen molar-refractivity contribution in [3.63, 3.8) is 0 Å². The van der Waals surface area contributed by atoms with Crippen LogP contribution >= 0.6 is 31.9 Å². The van der Waals surface area contributed by atoms with E-state index in [1.165, 1.54) is 0 Å². The Kier molecular flexibility index (Phi) is 7.33. The molecule has 1 aliphatic rings. The topological polar surface area (TPSA) is 38.8 Å². The number of halogens is 2. The first-order valence-electron chi connectivity index (χ1n) is 9.30. The number of piperidine rings is 1. The van der Waals surface area contributed by atoms with Crippen LogP contribution in [0.4, 0.5) is 0 Å². The normalized spacial score (nSPS) is 17.8. The molecule has 0 spiro atoms. The average molecular weight is 521 g/mol. The second-order valence-electron chi connectivity index (χ2n) is 6.76. The molecule has 2 aromatic rings. The lowest BCUT2D eigenvalue weighted by Gasteiger charge is -2.28. The number of rotatable bonds is 5. The summed E-state index contributed by atoms with van der Waals surface area (Å²) >= 11 is 6.94. The van der Waals surface area contributed by atoms with Crippen LogP contribution in [0.1, 0.15) is 18.1 Å². The molecule has 1 saturated heterocycles. The van der Waals surface area contributed by atoms with Gasteiger partial charge < -0.3 is 9.47 Å². The van der Waals surface area contributed by atoms with Crippen LogP contribution in [0.3, 0.4) is 0 Å². The zero-order valence-corrected chi connectivity index (χ0v) is 19.8. The fourth-order valence-electron chi connectivity index (χ4n) is 3.27. The van der Waals surface area contributed by atoms with Crippen molar-refractivity contribution in [2.45, 2.75) is 6.92 Å². The first-order chi connectivity index (χ1) is 13.9. The van der Waals surface area contributed by atoms with Crippen LogP contribution in [-0.2, 0) is 4.79 Å². The summed E-state index contributed by atoms with van der Waals surface area (Å²) in [5.74, 6) is 1.57.